The Balaban J connectivity index is 0.00000176. The van der Waals surface area contributed by atoms with Crippen molar-refractivity contribution >= 4 is 18.3 Å². The van der Waals surface area contributed by atoms with E-state index in [1.54, 1.807) is 6.07 Å². The minimum Gasteiger partial charge on any atom is -0.348 e. The quantitative estimate of drug-likeness (QED) is 0.811. The van der Waals surface area contributed by atoms with Gasteiger partial charge in [-0.2, -0.15) is 4.68 Å². The van der Waals surface area contributed by atoms with Crippen LogP contribution in [0.3, 0.4) is 0 Å². The minimum atomic E-state index is -0.125. The molecule has 0 atom stereocenters. The highest BCUT2D eigenvalue weighted by atomic mass is 35.5. The van der Waals surface area contributed by atoms with Crippen molar-refractivity contribution < 1.29 is 4.79 Å². The molecule has 1 aliphatic rings. The third-order valence-electron chi connectivity index (χ3n) is 3.38. The SMILES string of the molecule is Cl.O=C(NCC1=CCNCC1)c1ccccc1-n1cnnn1. The van der Waals surface area contributed by atoms with Gasteiger partial charge in [-0.25, -0.2) is 0 Å². The van der Waals surface area contributed by atoms with E-state index in [9.17, 15) is 4.79 Å². The highest BCUT2D eigenvalue weighted by Gasteiger charge is 2.13. The zero-order chi connectivity index (χ0) is 14.5. The van der Waals surface area contributed by atoms with Gasteiger partial charge in [-0.15, -0.1) is 17.5 Å². The summed E-state index contributed by atoms with van der Waals surface area (Å²) in [6.45, 7) is 2.40. The second-order valence-electron chi connectivity index (χ2n) is 4.77. The number of carbonyl (C=O) groups is 1. The Morgan fingerprint density at radius 1 is 1.36 bits per heavy atom. The van der Waals surface area contributed by atoms with Gasteiger partial charge in [0, 0.05) is 13.1 Å². The number of hydrogen-bond acceptors (Lipinski definition) is 5. The van der Waals surface area contributed by atoms with Gasteiger partial charge in [-0.1, -0.05) is 23.8 Å². The summed E-state index contributed by atoms with van der Waals surface area (Å²) in [5.74, 6) is -0.125. The lowest BCUT2D eigenvalue weighted by molar-refractivity contribution is 0.0956. The maximum atomic E-state index is 12.4. The number of para-hydroxylation sites is 1. The molecular formula is C14H17ClN6O. The fourth-order valence-electron chi connectivity index (χ4n) is 2.26. The van der Waals surface area contributed by atoms with Crippen molar-refractivity contribution in [1.29, 1.82) is 0 Å². The van der Waals surface area contributed by atoms with Gasteiger partial charge in [0.2, 0.25) is 0 Å². The Hall–Kier alpha value is -2.25. The smallest absolute Gasteiger partial charge is 0.253 e. The number of carbonyl (C=O) groups excluding carboxylic acids is 1. The number of amides is 1. The maximum Gasteiger partial charge on any atom is 0.253 e. The number of aromatic nitrogens is 4. The van der Waals surface area contributed by atoms with Crippen molar-refractivity contribution in [3.63, 3.8) is 0 Å². The maximum absolute atomic E-state index is 12.4. The molecule has 0 fully saturated rings. The number of benzene rings is 1. The van der Waals surface area contributed by atoms with Crippen LogP contribution >= 0.6 is 12.4 Å². The summed E-state index contributed by atoms with van der Waals surface area (Å²) in [7, 11) is 0. The van der Waals surface area contributed by atoms with E-state index in [1.165, 1.54) is 16.6 Å². The molecule has 1 amide bonds. The first-order valence-electron chi connectivity index (χ1n) is 6.84. The lowest BCUT2D eigenvalue weighted by Crippen LogP contribution is -2.30. The van der Waals surface area contributed by atoms with Crippen LogP contribution in [0, 0.1) is 0 Å². The molecule has 0 aliphatic carbocycles. The first-order chi connectivity index (χ1) is 10.3. The lowest BCUT2D eigenvalue weighted by Gasteiger charge is -2.15. The zero-order valence-electron chi connectivity index (χ0n) is 11.9. The molecule has 116 valence electrons. The normalized spacial score (nSPS) is 13.9. The summed E-state index contributed by atoms with van der Waals surface area (Å²) in [6, 6.07) is 7.26. The topological polar surface area (TPSA) is 84.7 Å². The first-order valence-corrected chi connectivity index (χ1v) is 6.84. The Morgan fingerprint density at radius 3 is 2.95 bits per heavy atom. The van der Waals surface area contributed by atoms with E-state index >= 15 is 0 Å². The van der Waals surface area contributed by atoms with Crippen molar-refractivity contribution in [3.8, 4) is 5.69 Å². The van der Waals surface area contributed by atoms with Crippen molar-refractivity contribution in [3.05, 3.63) is 47.8 Å². The predicted molar refractivity (Wildman–Crippen MR) is 84.3 cm³/mol. The van der Waals surface area contributed by atoms with Crippen LogP contribution in [0.1, 0.15) is 16.8 Å². The molecule has 2 heterocycles. The van der Waals surface area contributed by atoms with Crippen LogP contribution in [-0.4, -0.2) is 45.7 Å². The van der Waals surface area contributed by atoms with Crippen LogP contribution in [-0.2, 0) is 0 Å². The minimum absolute atomic E-state index is 0. The molecule has 0 spiro atoms. The van der Waals surface area contributed by atoms with Gasteiger partial charge < -0.3 is 10.6 Å². The van der Waals surface area contributed by atoms with E-state index < -0.39 is 0 Å². The number of rotatable bonds is 4. The Morgan fingerprint density at radius 2 is 2.23 bits per heavy atom. The van der Waals surface area contributed by atoms with Crippen LogP contribution in [0.25, 0.3) is 5.69 Å². The van der Waals surface area contributed by atoms with Gasteiger partial charge in [0.15, 0.2) is 0 Å². The van der Waals surface area contributed by atoms with Gasteiger partial charge >= 0.3 is 0 Å². The standard InChI is InChI=1S/C14H16N6O.ClH/c21-14(16-9-11-5-7-15-8-6-11)12-3-1-2-4-13(12)20-10-17-18-19-20;/h1-5,10,15H,6-9H2,(H,16,21);1H. The van der Waals surface area contributed by atoms with Gasteiger partial charge in [0.1, 0.15) is 6.33 Å². The summed E-state index contributed by atoms with van der Waals surface area (Å²) >= 11 is 0. The summed E-state index contributed by atoms with van der Waals surface area (Å²) in [5.41, 5.74) is 2.47. The number of halogens is 1. The van der Waals surface area contributed by atoms with Crippen LogP contribution in [0.15, 0.2) is 42.2 Å². The molecule has 2 N–H and O–H groups in total. The second kappa shape index (κ2) is 7.67. The van der Waals surface area contributed by atoms with E-state index in [0.717, 1.165) is 19.5 Å². The fraction of sp³-hybridized carbons (Fsp3) is 0.286. The number of hydrogen-bond donors (Lipinski definition) is 2. The Bertz CT molecular complexity index is 655. The molecule has 1 aromatic carbocycles. The van der Waals surface area contributed by atoms with Crippen LogP contribution in [0.4, 0.5) is 0 Å². The van der Waals surface area contributed by atoms with Gasteiger partial charge in [-0.05, 0) is 35.5 Å². The fourth-order valence-corrected chi connectivity index (χ4v) is 2.26. The van der Waals surface area contributed by atoms with Crippen LogP contribution in [0.5, 0.6) is 0 Å². The number of tetrazole rings is 1. The number of nitrogens with one attached hydrogen (secondary N) is 2. The molecule has 0 radical (unpaired) electrons. The highest BCUT2D eigenvalue weighted by Crippen LogP contribution is 2.12. The number of nitrogens with zero attached hydrogens (tertiary/aromatic N) is 4. The van der Waals surface area contributed by atoms with Crippen molar-refractivity contribution in [2.75, 3.05) is 19.6 Å². The van der Waals surface area contributed by atoms with Gasteiger partial charge in [-0.3, -0.25) is 4.79 Å². The molecule has 1 aromatic heterocycles. The first kappa shape index (κ1) is 16.1. The molecule has 0 saturated carbocycles. The average Bonchev–Trinajstić information content (AvgIpc) is 3.08. The molecule has 3 rings (SSSR count). The molecule has 22 heavy (non-hydrogen) atoms. The highest BCUT2D eigenvalue weighted by molar-refractivity contribution is 5.97. The zero-order valence-corrected chi connectivity index (χ0v) is 12.7. The largest absolute Gasteiger partial charge is 0.348 e. The lowest BCUT2D eigenvalue weighted by atomic mass is 10.1. The van der Waals surface area contributed by atoms with Crippen molar-refractivity contribution in [2.24, 2.45) is 0 Å². The summed E-state index contributed by atoms with van der Waals surface area (Å²) in [6.07, 6.45) is 4.56. The average molecular weight is 321 g/mol. The van der Waals surface area contributed by atoms with Gasteiger partial charge in [0.05, 0.1) is 11.3 Å². The monoisotopic (exact) mass is 320 g/mol. The van der Waals surface area contributed by atoms with Gasteiger partial charge in [0.25, 0.3) is 5.91 Å². The Kier molecular flexibility index (Phi) is 5.62. The third-order valence-corrected chi connectivity index (χ3v) is 3.38. The van der Waals surface area contributed by atoms with E-state index in [4.69, 9.17) is 0 Å². The molecule has 0 saturated heterocycles. The molecule has 2 aromatic rings. The third kappa shape index (κ3) is 3.69. The van der Waals surface area contributed by atoms with E-state index in [2.05, 4.69) is 32.2 Å². The van der Waals surface area contributed by atoms with Crippen LogP contribution in [0.2, 0.25) is 0 Å². The summed E-state index contributed by atoms with van der Waals surface area (Å²) in [4.78, 5) is 12.4. The second-order valence-corrected chi connectivity index (χ2v) is 4.77. The molecule has 0 unspecified atom stereocenters. The summed E-state index contributed by atoms with van der Waals surface area (Å²) in [5, 5.41) is 17.2. The van der Waals surface area contributed by atoms with E-state index in [1.807, 2.05) is 18.2 Å². The van der Waals surface area contributed by atoms with E-state index in [0.29, 0.717) is 17.8 Å². The van der Waals surface area contributed by atoms with E-state index in [-0.39, 0.29) is 18.3 Å². The van der Waals surface area contributed by atoms with Crippen LogP contribution < -0.4 is 10.6 Å². The molecule has 8 heteroatoms. The van der Waals surface area contributed by atoms with Crippen molar-refractivity contribution in [1.82, 2.24) is 30.8 Å². The molecule has 7 nitrogen and oxygen atoms in total. The summed E-state index contributed by atoms with van der Waals surface area (Å²) < 4.78 is 1.48. The van der Waals surface area contributed by atoms with Crippen molar-refractivity contribution in [2.45, 2.75) is 6.42 Å². The molecular weight excluding hydrogens is 304 g/mol. The molecule has 1 aliphatic heterocycles. The molecule has 0 bridgehead atoms. The predicted octanol–water partition coefficient (Wildman–Crippen LogP) is 0.734. The Labute approximate surface area is 134 Å².